The number of hydrogen-bond donors (Lipinski definition) is 3. The van der Waals surface area contributed by atoms with Gasteiger partial charge in [-0.05, 0) is 74.0 Å². The number of amides is 2. The molecule has 1 unspecified atom stereocenters. The van der Waals surface area contributed by atoms with Crippen molar-refractivity contribution in [2.75, 3.05) is 10.0 Å². The second-order valence-electron chi connectivity index (χ2n) is 7.54. The number of aryl methyl sites for hydroxylation is 1. The minimum atomic E-state index is -4.15. The number of esters is 1. The molecule has 3 aromatic carbocycles. The molecule has 0 aromatic heterocycles. The Kier molecular flexibility index (Phi) is 7.50. The van der Waals surface area contributed by atoms with Gasteiger partial charge >= 0.3 is 5.97 Å². The van der Waals surface area contributed by atoms with Crippen molar-refractivity contribution in [1.29, 1.82) is 0 Å². The van der Waals surface area contributed by atoms with Crippen LogP contribution in [0, 0.1) is 12.7 Å². The van der Waals surface area contributed by atoms with E-state index >= 15 is 0 Å². The first-order valence-corrected chi connectivity index (χ1v) is 11.8. The smallest absolute Gasteiger partial charge is 0.341 e. The lowest BCUT2D eigenvalue weighted by Gasteiger charge is -2.16. The molecule has 1 atom stereocenters. The molecule has 182 valence electrons. The van der Waals surface area contributed by atoms with Gasteiger partial charge in [0.2, 0.25) is 5.91 Å². The molecule has 0 spiro atoms. The van der Waals surface area contributed by atoms with Gasteiger partial charge in [-0.3, -0.25) is 14.3 Å². The number of nitrogens with one attached hydrogen (secondary N) is 2. The summed E-state index contributed by atoms with van der Waals surface area (Å²) in [6, 6.07) is 14.7. The highest BCUT2D eigenvalue weighted by Crippen LogP contribution is 2.24. The standard InChI is InChI=1S/C24H22FN3O6S/c1-14-13-17(25)9-12-21(14)35(32,33)28-20-6-4-3-5-19(20)24(31)34-15(2)23(30)27-18-10-7-16(8-11-18)22(26)29/h3-13,15,28H,1-2H3,(H2,26,29)(H,27,30). The number of sulfonamides is 1. The maximum Gasteiger partial charge on any atom is 0.341 e. The van der Waals surface area contributed by atoms with Crippen molar-refractivity contribution >= 4 is 39.2 Å². The molecule has 0 fully saturated rings. The van der Waals surface area contributed by atoms with Crippen LogP contribution in [0.15, 0.2) is 71.6 Å². The zero-order valence-corrected chi connectivity index (χ0v) is 19.6. The topological polar surface area (TPSA) is 145 Å². The van der Waals surface area contributed by atoms with Gasteiger partial charge in [0.1, 0.15) is 5.82 Å². The van der Waals surface area contributed by atoms with Crippen LogP contribution in [0.5, 0.6) is 0 Å². The van der Waals surface area contributed by atoms with Crippen molar-refractivity contribution in [3.05, 3.63) is 89.2 Å². The number of carbonyl (C=O) groups is 3. The van der Waals surface area contributed by atoms with Gasteiger partial charge in [-0.1, -0.05) is 12.1 Å². The van der Waals surface area contributed by atoms with Crippen LogP contribution in [0.4, 0.5) is 15.8 Å². The average Bonchev–Trinajstić information content (AvgIpc) is 2.79. The molecule has 3 rings (SSSR count). The lowest BCUT2D eigenvalue weighted by molar-refractivity contribution is -0.123. The Bertz CT molecular complexity index is 1390. The molecule has 4 N–H and O–H groups in total. The fourth-order valence-corrected chi connectivity index (χ4v) is 4.41. The number of primary amides is 1. The second kappa shape index (κ2) is 10.3. The Hall–Kier alpha value is -4.25. The average molecular weight is 500 g/mol. The molecular weight excluding hydrogens is 477 g/mol. The van der Waals surface area contributed by atoms with E-state index in [0.29, 0.717) is 5.69 Å². The van der Waals surface area contributed by atoms with E-state index in [1.54, 1.807) is 0 Å². The minimum Gasteiger partial charge on any atom is -0.449 e. The highest BCUT2D eigenvalue weighted by Gasteiger charge is 2.24. The Labute approximate surface area is 201 Å². The number of carbonyl (C=O) groups excluding carboxylic acids is 3. The fraction of sp³-hybridized carbons (Fsp3) is 0.125. The molecule has 0 heterocycles. The lowest BCUT2D eigenvalue weighted by Crippen LogP contribution is -2.30. The van der Waals surface area contributed by atoms with Crippen LogP contribution in [0.2, 0.25) is 0 Å². The summed E-state index contributed by atoms with van der Waals surface area (Å²) >= 11 is 0. The first-order chi connectivity index (χ1) is 16.5. The summed E-state index contributed by atoms with van der Waals surface area (Å²) in [5, 5.41) is 2.54. The molecule has 35 heavy (non-hydrogen) atoms. The van der Waals surface area contributed by atoms with Gasteiger partial charge in [-0.2, -0.15) is 0 Å². The third kappa shape index (κ3) is 6.21. The molecule has 9 nitrogen and oxygen atoms in total. The molecule has 0 bridgehead atoms. The summed E-state index contributed by atoms with van der Waals surface area (Å²) in [7, 11) is -4.15. The predicted octanol–water partition coefficient (Wildman–Crippen LogP) is 3.22. The molecule has 0 aliphatic heterocycles. The molecule has 2 amide bonds. The molecule has 0 saturated carbocycles. The quantitative estimate of drug-likeness (QED) is 0.406. The van der Waals surface area contributed by atoms with E-state index in [9.17, 15) is 27.2 Å². The van der Waals surface area contributed by atoms with Gasteiger partial charge < -0.3 is 15.8 Å². The molecule has 0 aliphatic carbocycles. The first-order valence-electron chi connectivity index (χ1n) is 10.3. The second-order valence-corrected chi connectivity index (χ2v) is 9.19. The molecule has 3 aromatic rings. The first kappa shape index (κ1) is 25.4. The number of rotatable bonds is 8. The number of nitrogens with two attached hydrogens (primary N) is 1. The van der Waals surface area contributed by atoms with Gasteiger partial charge in [0, 0.05) is 11.3 Å². The summed E-state index contributed by atoms with van der Waals surface area (Å²) in [6.07, 6.45) is -1.23. The Balaban J connectivity index is 1.73. The lowest BCUT2D eigenvalue weighted by atomic mass is 10.2. The number of ether oxygens (including phenoxy) is 1. The largest absolute Gasteiger partial charge is 0.449 e. The maximum absolute atomic E-state index is 13.4. The molecular formula is C24H22FN3O6S. The van der Waals surface area contributed by atoms with Gasteiger partial charge in [-0.25, -0.2) is 17.6 Å². The van der Waals surface area contributed by atoms with E-state index in [1.165, 1.54) is 62.4 Å². The van der Waals surface area contributed by atoms with Crippen LogP contribution < -0.4 is 15.8 Å². The van der Waals surface area contributed by atoms with Crippen molar-refractivity contribution in [2.24, 2.45) is 5.73 Å². The summed E-state index contributed by atoms with van der Waals surface area (Å²) in [6.45, 7) is 2.79. The fourth-order valence-electron chi connectivity index (χ4n) is 3.10. The summed E-state index contributed by atoms with van der Waals surface area (Å²) in [5.41, 5.74) is 5.78. The Morgan fingerprint density at radius 2 is 1.66 bits per heavy atom. The van der Waals surface area contributed by atoms with Crippen LogP contribution in [0.3, 0.4) is 0 Å². The number of halogens is 1. The number of para-hydroxylation sites is 1. The van der Waals surface area contributed by atoms with Crippen molar-refractivity contribution in [3.8, 4) is 0 Å². The number of anilines is 2. The molecule has 0 radical (unpaired) electrons. The Morgan fingerprint density at radius 3 is 2.29 bits per heavy atom. The van der Waals surface area contributed by atoms with Gasteiger partial charge in [0.05, 0.1) is 16.1 Å². The summed E-state index contributed by atoms with van der Waals surface area (Å²) in [5.74, 6) is -2.79. The van der Waals surface area contributed by atoms with E-state index in [4.69, 9.17) is 10.5 Å². The zero-order valence-electron chi connectivity index (χ0n) is 18.7. The van der Waals surface area contributed by atoms with E-state index in [-0.39, 0.29) is 27.3 Å². The van der Waals surface area contributed by atoms with Crippen molar-refractivity contribution < 1.29 is 31.9 Å². The monoisotopic (exact) mass is 499 g/mol. The van der Waals surface area contributed by atoms with E-state index in [2.05, 4.69) is 10.0 Å². The van der Waals surface area contributed by atoms with Gasteiger partial charge in [0.15, 0.2) is 6.10 Å². The van der Waals surface area contributed by atoms with Crippen molar-refractivity contribution in [1.82, 2.24) is 0 Å². The number of hydrogen-bond acceptors (Lipinski definition) is 6. The third-order valence-electron chi connectivity index (χ3n) is 4.91. The van der Waals surface area contributed by atoms with Crippen molar-refractivity contribution in [2.45, 2.75) is 24.8 Å². The van der Waals surface area contributed by atoms with Gasteiger partial charge in [0.25, 0.3) is 15.9 Å². The van der Waals surface area contributed by atoms with Crippen LogP contribution >= 0.6 is 0 Å². The SMILES string of the molecule is Cc1cc(F)ccc1S(=O)(=O)Nc1ccccc1C(=O)OC(C)C(=O)Nc1ccc(C(N)=O)cc1. The van der Waals surface area contributed by atoms with Crippen LogP contribution in [0.1, 0.15) is 33.2 Å². The van der Waals surface area contributed by atoms with Crippen LogP contribution in [-0.2, 0) is 19.6 Å². The van der Waals surface area contributed by atoms with E-state index in [0.717, 1.165) is 18.2 Å². The Morgan fingerprint density at radius 1 is 1.00 bits per heavy atom. The summed E-state index contributed by atoms with van der Waals surface area (Å²) in [4.78, 5) is 36.2. The van der Waals surface area contributed by atoms with Crippen LogP contribution in [0.25, 0.3) is 0 Å². The predicted molar refractivity (Wildman–Crippen MR) is 127 cm³/mol. The maximum atomic E-state index is 13.4. The van der Waals surface area contributed by atoms with E-state index < -0.39 is 39.7 Å². The highest BCUT2D eigenvalue weighted by atomic mass is 32.2. The van der Waals surface area contributed by atoms with E-state index in [1.807, 2.05) is 0 Å². The molecule has 0 aliphatic rings. The van der Waals surface area contributed by atoms with Crippen LogP contribution in [-0.4, -0.2) is 32.3 Å². The zero-order chi connectivity index (χ0) is 25.8. The minimum absolute atomic E-state index is 0.0733. The van der Waals surface area contributed by atoms with Gasteiger partial charge in [-0.15, -0.1) is 0 Å². The number of benzene rings is 3. The molecule has 0 saturated heterocycles. The van der Waals surface area contributed by atoms with Crippen molar-refractivity contribution in [3.63, 3.8) is 0 Å². The normalized spacial score (nSPS) is 11.9. The highest BCUT2D eigenvalue weighted by molar-refractivity contribution is 7.92. The summed E-state index contributed by atoms with van der Waals surface area (Å²) < 4.78 is 46.6. The third-order valence-corrected chi connectivity index (χ3v) is 6.43. The molecule has 11 heteroatoms.